The van der Waals surface area contributed by atoms with E-state index in [2.05, 4.69) is 22.3 Å². The molecule has 5 heteroatoms. The average Bonchev–Trinajstić information content (AvgIpc) is 2.84. The molecular formula is C11H16N4O. The Kier molecular flexibility index (Phi) is 3.05. The molecule has 1 N–H and O–H groups in total. The fraction of sp³-hybridized carbons (Fsp3) is 0.455. The van der Waals surface area contributed by atoms with Crippen LogP contribution in [0.25, 0.3) is 0 Å². The lowest BCUT2D eigenvalue weighted by molar-refractivity contribution is 0.421. The molecule has 1 atom stereocenters. The first-order valence-electron chi connectivity index (χ1n) is 5.28. The van der Waals surface area contributed by atoms with Crippen molar-refractivity contribution in [3.05, 3.63) is 35.8 Å². The van der Waals surface area contributed by atoms with E-state index in [9.17, 15) is 0 Å². The third-order valence-electron chi connectivity index (χ3n) is 2.67. The molecule has 5 nitrogen and oxygen atoms in total. The highest BCUT2D eigenvalue weighted by atomic mass is 16.3. The van der Waals surface area contributed by atoms with Gasteiger partial charge in [-0.3, -0.25) is 4.68 Å². The van der Waals surface area contributed by atoms with Crippen molar-refractivity contribution in [3.63, 3.8) is 0 Å². The minimum absolute atomic E-state index is 0.173. The molecule has 0 fully saturated rings. The Bertz CT molecular complexity index is 460. The molecule has 0 spiro atoms. The fourth-order valence-corrected chi connectivity index (χ4v) is 1.65. The molecule has 1 unspecified atom stereocenters. The van der Waals surface area contributed by atoms with Crippen molar-refractivity contribution in [1.29, 1.82) is 0 Å². The van der Waals surface area contributed by atoms with E-state index >= 15 is 0 Å². The van der Waals surface area contributed by atoms with Crippen LogP contribution in [0.15, 0.2) is 23.1 Å². The smallest absolute Gasteiger partial charge is 0.140 e. The summed E-state index contributed by atoms with van der Waals surface area (Å²) in [4.78, 5) is 4.15. The molecule has 0 saturated carbocycles. The molecule has 0 radical (unpaired) electrons. The van der Waals surface area contributed by atoms with Gasteiger partial charge in [0.2, 0.25) is 0 Å². The first kappa shape index (κ1) is 10.9. The fourth-order valence-electron chi connectivity index (χ4n) is 1.65. The maximum absolute atomic E-state index is 5.42. The zero-order valence-electron chi connectivity index (χ0n) is 9.77. The van der Waals surface area contributed by atoms with Crippen LogP contribution in [0.1, 0.15) is 30.1 Å². The minimum atomic E-state index is 0.173. The zero-order chi connectivity index (χ0) is 11.5. The summed E-state index contributed by atoms with van der Waals surface area (Å²) < 4.78 is 7.18. The first-order valence-corrected chi connectivity index (χ1v) is 5.28. The van der Waals surface area contributed by atoms with Crippen molar-refractivity contribution in [3.8, 4) is 0 Å². The highest BCUT2D eigenvalue weighted by Gasteiger charge is 2.12. The third kappa shape index (κ3) is 2.14. The summed E-state index contributed by atoms with van der Waals surface area (Å²) in [6.07, 6.45) is 3.27. The first-order chi connectivity index (χ1) is 7.68. The summed E-state index contributed by atoms with van der Waals surface area (Å²) in [7, 11) is 1.88. The lowest BCUT2D eigenvalue weighted by Crippen LogP contribution is -2.20. The zero-order valence-corrected chi connectivity index (χ0v) is 9.77. The van der Waals surface area contributed by atoms with Gasteiger partial charge < -0.3 is 9.73 Å². The van der Waals surface area contributed by atoms with Crippen molar-refractivity contribution in [2.24, 2.45) is 7.05 Å². The Hall–Kier alpha value is -1.62. The summed E-state index contributed by atoms with van der Waals surface area (Å²) in [6.45, 7) is 4.79. The lowest BCUT2D eigenvalue weighted by atomic mass is 10.2. The molecule has 0 saturated heterocycles. The van der Waals surface area contributed by atoms with Gasteiger partial charge in [-0.25, -0.2) is 4.98 Å². The monoisotopic (exact) mass is 220 g/mol. The van der Waals surface area contributed by atoms with Gasteiger partial charge in [-0.1, -0.05) is 0 Å². The molecule has 0 aromatic carbocycles. The highest BCUT2D eigenvalue weighted by Crippen LogP contribution is 2.18. The Morgan fingerprint density at radius 2 is 2.38 bits per heavy atom. The van der Waals surface area contributed by atoms with Crippen LogP contribution in [0.3, 0.4) is 0 Å². The maximum Gasteiger partial charge on any atom is 0.140 e. The molecule has 2 aromatic rings. The molecule has 86 valence electrons. The third-order valence-corrected chi connectivity index (χ3v) is 2.67. The molecule has 16 heavy (non-hydrogen) atoms. The Balaban J connectivity index is 1.97. The Morgan fingerprint density at radius 1 is 1.56 bits per heavy atom. The normalized spacial score (nSPS) is 12.9. The average molecular weight is 220 g/mol. The van der Waals surface area contributed by atoms with E-state index in [-0.39, 0.29) is 6.04 Å². The minimum Gasteiger partial charge on any atom is -0.467 e. The molecule has 2 rings (SSSR count). The van der Waals surface area contributed by atoms with Crippen molar-refractivity contribution in [1.82, 2.24) is 20.1 Å². The van der Waals surface area contributed by atoms with Crippen LogP contribution in [0.5, 0.6) is 0 Å². The topological polar surface area (TPSA) is 55.9 Å². The second-order valence-corrected chi connectivity index (χ2v) is 3.87. The molecule has 0 amide bonds. The quantitative estimate of drug-likeness (QED) is 0.849. The van der Waals surface area contributed by atoms with Gasteiger partial charge in [-0.2, -0.15) is 5.10 Å². The highest BCUT2D eigenvalue weighted by molar-refractivity contribution is 5.17. The van der Waals surface area contributed by atoms with Crippen molar-refractivity contribution in [2.45, 2.75) is 26.4 Å². The van der Waals surface area contributed by atoms with Crippen LogP contribution in [0.4, 0.5) is 0 Å². The van der Waals surface area contributed by atoms with Crippen molar-refractivity contribution >= 4 is 0 Å². The standard InChI is InChI=1S/C11H16N4O/c1-8-4-5-16-11(8)9(2)12-6-10-13-7-14-15(10)3/h4-5,7,9,12H,6H2,1-3H3. The number of aromatic nitrogens is 3. The molecule has 0 bridgehead atoms. The number of furan rings is 1. The van der Waals surface area contributed by atoms with Crippen LogP contribution < -0.4 is 5.32 Å². The number of aryl methyl sites for hydroxylation is 2. The van der Waals surface area contributed by atoms with Gasteiger partial charge in [0, 0.05) is 7.05 Å². The lowest BCUT2D eigenvalue weighted by Gasteiger charge is -2.11. The van der Waals surface area contributed by atoms with E-state index in [0.717, 1.165) is 17.1 Å². The SMILES string of the molecule is Cc1ccoc1C(C)NCc1ncnn1C. The summed E-state index contributed by atoms with van der Waals surface area (Å²) in [6, 6.07) is 2.14. The number of nitrogens with zero attached hydrogens (tertiary/aromatic N) is 3. The molecular weight excluding hydrogens is 204 g/mol. The number of hydrogen-bond donors (Lipinski definition) is 1. The largest absolute Gasteiger partial charge is 0.467 e. The van der Waals surface area contributed by atoms with E-state index in [4.69, 9.17) is 4.42 Å². The van der Waals surface area contributed by atoms with E-state index in [0.29, 0.717) is 6.54 Å². The molecule has 0 aliphatic carbocycles. The summed E-state index contributed by atoms with van der Waals surface area (Å²) in [5, 5.41) is 7.37. The van der Waals surface area contributed by atoms with E-state index in [1.165, 1.54) is 0 Å². The van der Waals surface area contributed by atoms with Crippen LogP contribution in [-0.2, 0) is 13.6 Å². The predicted octanol–water partition coefficient (Wildman–Crippen LogP) is 1.57. The summed E-state index contributed by atoms with van der Waals surface area (Å²) >= 11 is 0. The van der Waals surface area contributed by atoms with Crippen LogP contribution in [0.2, 0.25) is 0 Å². The maximum atomic E-state index is 5.42. The van der Waals surface area contributed by atoms with E-state index < -0.39 is 0 Å². The van der Waals surface area contributed by atoms with Gasteiger partial charge in [-0.05, 0) is 25.5 Å². The number of hydrogen-bond acceptors (Lipinski definition) is 4. The van der Waals surface area contributed by atoms with Crippen molar-refractivity contribution in [2.75, 3.05) is 0 Å². The van der Waals surface area contributed by atoms with Gasteiger partial charge >= 0.3 is 0 Å². The summed E-state index contributed by atoms with van der Waals surface area (Å²) in [5.41, 5.74) is 1.16. The van der Waals surface area contributed by atoms with E-state index in [1.54, 1.807) is 17.3 Å². The molecule has 2 heterocycles. The van der Waals surface area contributed by atoms with E-state index in [1.807, 2.05) is 20.0 Å². The Morgan fingerprint density at radius 3 is 2.94 bits per heavy atom. The Labute approximate surface area is 94.5 Å². The summed E-state index contributed by atoms with van der Waals surface area (Å²) in [5.74, 6) is 1.89. The second kappa shape index (κ2) is 4.49. The van der Waals surface area contributed by atoms with Gasteiger partial charge in [0.15, 0.2) is 0 Å². The predicted molar refractivity (Wildman–Crippen MR) is 59.7 cm³/mol. The van der Waals surface area contributed by atoms with Crippen molar-refractivity contribution < 1.29 is 4.42 Å². The van der Waals surface area contributed by atoms with Crippen LogP contribution >= 0.6 is 0 Å². The molecule has 0 aliphatic heterocycles. The number of nitrogens with one attached hydrogen (secondary N) is 1. The molecule has 2 aromatic heterocycles. The van der Waals surface area contributed by atoms with Crippen LogP contribution in [0, 0.1) is 6.92 Å². The number of rotatable bonds is 4. The van der Waals surface area contributed by atoms with Gasteiger partial charge in [0.05, 0.1) is 18.8 Å². The van der Waals surface area contributed by atoms with Gasteiger partial charge in [0.1, 0.15) is 17.9 Å². The van der Waals surface area contributed by atoms with Gasteiger partial charge in [0.25, 0.3) is 0 Å². The second-order valence-electron chi connectivity index (χ2n) is 3.87. The molecule has 0 aliphatic rings. The van der Waals surface area contributed by atoms with Crippen LogP contribution in [-0.4, -0.2) is 14.8 Å². The van der Waals surface area contributed by atoms with Gasteiger partial charge in [-0.15, -0.1) is 0 Å².